The first-order chi connectivity index (χ1) is 11.9. The third-order valence-corrected chi connectivity index (χ3v) is 5.87. The number of benzene rings is 2. The monoisotopic (exact) mass is 317 g/mol. The van der Waals surface area contributed by atoms with Gasteiger partial charge in [0.15, 0.2) is 0 Å². The highest BCUT2D eigenvalue weighted by Gasteiger charge is 2.41. The highest BCUT2D eigenvalue weighted by Crippen LogP contribution is 2.40. The van der Waals surface area contributed by atoms with E-state index in [9.17, 15) is 0 Å². The quantitative estimate of drug-likeness (QED) is 0.715. The van der Waals surface area contributed by atoms with Crippen LogP contribution in [0, 0.1) is 0 Å². The molecule has 1 spiro atoms. The van der Waals surface area contributed by atoms with E-state index in [1.165, 1.54) is 27.8 Å². The molecule has 0 unspecified atom stereocenters. The van der Waals surface area contributed by atoms with E-state index in [1.807, 2.05) is 0 Å². The van der Waals surface area contributed by atoms with Crippen molar-refractivity contribution < 1.29 is 0 Å². The van der Waals surface area contributed by atoms with E-state index in [4.69, 9.17) is 0 Å². The first-order valence-electron chi connectivity index (χ1n) is 9.01. The summed E-state index contributed by atoms with van der Waals surface area (Å²) in [5, 5.41) is 5.28. The van der Waals surface area contributed by atoms with Crippen molar-refractivity contribution in [1.29, 1.82) is 0 Å². The van der Waals surface area contributed by atoms with Gasteiger partial charge in [-0.15, -0.1) is 0 Å². The van der Waals surface area contributed by atoms with Gasteiger partial charge in [0.25, 0.3) is 0 Å². The topological polar surface area (TPSA) is 31.1 Å². The maximum atomic E-state index is 3.87. The Morgan fingerprint density at radius 3 is 2.46 bits per heavy atom. The number of aromatic nitrogens is 1. The summed E-state index contributed by atoms with van der Waals surface area (Å²) in [6.45, 7) is 3.29. The largest absolute Gasteiger partial charge is 0.371 e. The van der Waals surface area contributed by atoms with Crippen molar-refractivity contribution in [3.8, 4) is 0 Å². The number of anilines is 1. The van der Waals surface area contributed by atoms with Crippen LogP contribution in [0.1, 0.15) is 24.1 Å². The Labute approximate surface area is 142 Å². The molecule has 3 aromatic rings. The number of nitrogens with one attached hydrogen (secondary N) is 2. The van der Waals surface area contributed by atoms with Gasteiger partial charge >= 0.3 is 0 Å². The second-order valence-corrected chi connectivity index (χ2v) is 7.11. The molecule has 2 N–H and O–H groups in total. The van der Waals surface area contributed by atoms with Crippen LogP contribution in [0.2, 0.25) is 0 Å². The summed E-state index contributed by atoms with van der Waals surface area (Å²) in [5.41, 5.74) is 5.74. The molecule has 2 aliphatic heterocycles. The van der Waals surface area contributed by atoms with Crippen LogP contribution < -0.4 is 10.2 Å². The van der Waals surface area contributed by atoms with Gasteiger partial charge in [-0.3, -0.25) is 0 Å². The van der Waals surface area contributed by atoms with E-state index < -0.39 is 0 Å². The van der Waals surface area contributed by atoms with Gasteiger partial charge in [0.1, 0.15) is 0 Å². The lowest BCUT2D eigenvalue weighted by Crippen LogP contribution is -2.54. The number of hydrogen-bond donors (Lipinski definition) is 2. The summed E-state index contributed by atoms with van der Waals surface area (Å²) in [5.74, 6) is 0. The molecule has 0 radical (unpaired) electrons. The molecule has 1 aromatic heterocycles. The molecule has 2 aliphatic rings. The molecule has 1 fully saturated rings. The summed E-state index contributed by atoms with van der Waals surface area (Å²) in [6.07, 6.45) is 3.44. The Balaban J connectivity index is 1.49. The molecule has 0 amide bonds. The van der Waals surface area contributed by atoms with Crippen LogP contribution in [-0.2, 0) is 12.0 Å². The Morgan fingerprint density at radius 2 is 1.62 bits per heavy atom. The maximum absolute atomic E-state index is 3.87. The Hall–Kier alpha value is -2.26. The minimum absolute atomic E-state index is 0.123. The molecule has 0 atom stereocenters. The van der Waals surface area contributed by atoms with Crippen LogP contribution in [0.5, 0.6) is 0 Å². The number of para-hydroxylation sites is 2. The van der Waals surface area contributed by atoms with Crippen molar-refractivity contribution in [1.82, 2.24) is 10.3 Å². The zero-order chi connectivity index (χ0) is 16.0. The molecule has 2 aromatic carbocycles. The van der Waals surface area contributed by atoms with Gasteiger partial charge in [0.2, 0.25) is 0 Å². The maximum Gasteiger partial charge on any atom is 0.0623 e. The second-order valence-electron chi connectivity index (χ2n) is 7.11. The Morgan fingerprint density at radius 1 is 0.875 bits per heavy atom. The van der Waals surface area contributed by atoms with Crippen LogP contribution in [0.15, 0.2) is 54.6 Å². The minimum atomic E-state index is 0.123. The first-order valence-corrected chi connectivity index (χ1v) is 9.01. The predicted octanol–water partition coefficient (Wildman–Crippen LogP) is 3.81. The van der Waals surface area contributed by atoms with Gasteiger partial charge in [-0.25, -0.2) is 0 Å². The molecule has 3 heteroatoms. The smallest absolute Gasteiger partial charge is 0.0623 e. The molecular weight excluding hydrogens is 294 g/mol. The predicted molar refractivity (Wildman–Crippen MR) is 99.6 cm³/mol. The molecule has 122 valence electrons. The van der Waals surface area contributed by atoms with Crippen LogP contribution in [-0.4, -0.2) is 24.6 Å². The number of rotatable bonds is 1. The average Bonchev–Trinajstić information content (AvgIpc) is 3.04. The van der Waals surface area contributed by atoms with Crippen molar-refractivity contribution >= 4 is 16.6 Å². The van der Waals surface area contributed by atoms with Crippen molar-refractivity contribution in [3.05, 3.63) is 65.9 Å². The van der Waals surface area contributed by atoms with E-state index >= 15 is 0 Å². The van der Waals surface area contributed by atoms with Crippen molar-refractivity contribution in [2.75, 3.05) is 24.5 Å². The zero-order valence-electron chi connectivity index (χ0n) is 13.9. The van der Waals surface area contributed by atoms with E-state index in [0.717, 1.165) is 38.9 Å². The van der Waals surface area contributed by atoms with E-state index in [0.29, 0.717) is 0 Å². The number of hydrogen-bond acceptors (Lipinski definition) is 2. The Kier molecular flexibility index (Phi) is 3.17. The molecule has 3 heterocycles. The number of aromatic amines is 1. The van der Waals surface area contributed by atoms with Crippen LogP contribution in [0.4, 0.5) is 5.69 Å². The standard InChI is InChI=1S/C21H23N3/c1-2-6-16(7-3-1)24-14-11-21(12-15-24)20-18(10-13-22-21)17-8-4-5-9-19(17)23-20/h1-9,22-23H,10-15H2. The molecule has 1 saturated heterocycles. The van der Waals surface area contributed by atoms with Gasteiger partial charge < -0.3 is 15.2 Å². The lowest BCUT2D eigenvalue weighted by atomic mass is 9.79. The highest BCUT2D eigenvalue weighted by molar-refractivity contribution is 5.85. The van der Waals surface area contributed by atoms with E-state index in [2.05, 4.69) is 69.8 Å². The molecular formula is C21H23N3. The van der Waals surface area contributed by atoms with Crippen molar-refractivity contribution in [3.63, 3.8) is 0 Å². The number of piperidine rings is 1. The summed E-state index contributed by atoms with van der Waals surface area (Å²) in [6, 6.07) is 19.6. The SMILES string of the molecule is c1ccc(N2CCC3(CC2)NCCc2c3[nH]c3ccccc23)cc1. The van der Waals surface area contributed by atoms with E-state index in [-0.39, 0.29) is 5.54 Å². The van der Waals surface area contributed by atoms with Gasteiger partial charge in [-0.1, -0.05) is 36.4 Å². The lowest BCUT2D eigenvalue weighted by Gasteiger charge is -2.45. The minimum Gasteiger partial charge on any atom is -0.371 e. The molecule has 3 nitrogen and oxygen atoms in total. The fourth-order valence-corrected chi connectivity index (χ4v) is 4.60. The fraction of sp³-hybridized carbons (Fsp3) is 0.333. The van der Waals surface area contributed by atoms with Crippen LogP contribution >= 0.6 is 0 Å². The molecule has 0 saturated carbocycles. The third-order valence-electron chi connectivity index (χ3n) is 5.87. The molecule has 0 aliphatic carbocycles. The van der Waals surface area contributed by atoms with Gasteiger partial charge in [-0.05, 0) is 43.0 Å². The van der Waals surface area contributed by atoms with Crippen molar-refractivity contribution in [2.45, 2.75) is 24.8 Å². The summed E-state index contributed by atoms with van der Waals surface area (Å²) >= 11 is 0. The summed E-state index contributed by atoms with van der Waals surface area (Å²) in [7, 11) is 0. The number of nitrogens with zero attached hydrogens (tertiary/aromatic N) is 1. The van der Waals surface area contributed by atoms with Gasteiger partial charge in [-0.2, -0.15) is 0 Å². The molecule has 5 rings (SSSR count). The third kappa shape index (κ3) is 2.08. The van der Waals surface area contributed by atoms with Crippen molar-refractivity contribution in [2.24, 2.45) is 0 Å². The van der Waals surface area contributed by atoms with Gasteiger partial charge in [0, 0.05) is 41.9 Å². The second kappa shape index (κ2) is 5.38. The Bertz CT molecular complexity index is 857. The summed E-state index contributed by atoms with van der Waals surface area (Å²) < 4.78 is 0. The number of fused-ring (bicyclic) bond motifs is 4. The molecule has 24 heavy (non-hydrogen) atoms. The van der Waals surface area contributed by atoms with Crippen LogP contribution in [0.3, 0.4) is 0 Å². The fourth-order valence-electron chi connectivity index (χ4n) is 4.60. The van der Waals surface area contributed by atoms with E-state index in [1.54, 1.807) is 0 Å². The average molecular weight is 317 g/mol. The molecule has 0 bridgehead atoms. The number of H-pyrrole nitrogens is 1. The van der Waals surface area contributed by atoms with Gasteiger partial charge in [0.05, 0.1) is 5.54 Å². The zero-order valence-corrected chi connectivity index (χ0v) is 13.9. The van der Waals surface area contributed by atoms with Crippen LogP contribution in [0.25, 0.3) is 10.9 Å². The first kappa shape index (κ1) is 14.1. The highest BCUT2D eigenvalue weighted by atomic mass is 15.2. The lowest BCUT2D eigenvalue weighted by molar-refractivity contribution is 0.245. The normalized spacial score (nSPS) is 19.6. The summed E-state index contributed by atoms with van der Waals surface area (Å²) in [4.78, 5) is 6.27.